The first-order valence-corrected chi connectivity index (χ1v) is 8.32. The summed E-state index contributed by atoms with van der Waals surface area (Å²) in [7, 11) is 1.77. The molecule has 6 nitrogen and oxygen atoms in total. The average Bonchev–Trinajstić information content (AvgIpc) is 3.01. The molecule has 0 amide bonds. The first-order valence-electron chi connectivity index (χ1n) is 8.32. The van der Waals surface area contributed by atoms with Gasteiger partial charge >= 0.3 is 0 Å². The van der Waals surface area contributed by atoms with Crippen molar-refractivity contribution in [3.63, 3.8) is 0 Å². The maximum Gasteiger partial charge on any atom is 0.218 e. The predicted molar refractivity (Wildman–Crippen MR) is 91.8 cm³/mol. The van der Waals surface area contributed by atoms with E-state index in [2.05, 4.69) is 34.5 Å². The van der Waals surface area contributed by atoms with Crippen LogP contribution in [-0.2, 0) is 11.3 Å². The van der Waals surface area contributed by atoms with Crippen LogP contribution in [-0.4, -0.2) is 43.4 Å². The lowest BCUT2D eigenvalue weighted by Gasteiger charge is -2.24. The molecule has 1 aromatic heterocycles. The zero-order valence-corrected chi connectivity index (χ0v) is 14.4. The number of hydrogen-bond donors (Lipinski definition) is 2. The van der Waals surface area contributed by atoms with Gasteiger partial charge in [0.25, 0.3) is 0 Å². The van der Waals surface area contributed by atoms with Gasteiger partial charge in [0.2, 0.25) is 5.88 Å². The van der Waals surface area contributed by atoms with Crippen LogP contribution < -0.4 is 15.4 Å². The molecule has 2 rings (SSSR count). The minimum Gasteiger partial charge on any atom is -0.477 e. The Labute approximate surface area is 138 Å². The van der Waals surface area contributed by atoms with Gasteiger partial charge in [-0.15, -0.1) is 0 Å². The highest BCUT2D eigenvalue weighted by molar-refractivity contribution is 5.79. The summed E-state index contributed by atoms with van der Waals surface area (Å²) in [4.78, 5) is 8.56. The molecule has 1 atom stereocenters. The molecule has 0 bridgehead atoms. The molecule has 23 heavy (non-hydrogen) atoms. The average molecular weight is 320 g/mol. The second-order valence-electron chi connectivity index (χ2n) is 6.00. The van der Waals surface area contributed by atoms with Crippen molar-refractivity contribution >= 4 is 5.96 Å². The Morgan fingerprint density at radius 2 is 2.35 bits per heavy atom. The van der Waals surface area contributed by atoms with Crippen LogP contribution in [0, 0.1) is 0 Å². The number of guanidine groups is 1. The fourth-order valence-corrected chi connectivity index (χ4v) is 2.53. The van der Waals surface area contributed by atoms with E-state index in [0.717, 1.165) is 43.9 Å². The smallest absolute Gasteiger partial charge is 0.218 e. The van der Waals surface area contributed by atoms with E-state index in [0.29, 0.717) is 19.0 Å². The van der Waals surface area contributed by atoms with Gasteiger partial charge in [-0.25, -0.2) is 4.98 Å². The van der Waals surface area contributed by atoms with Crippen LogP contribution in [0.25, 0.3) is 0 Å². The summed E-state index contributed by atoms with van der Waals surface area (Å²) in [6, 6.07) is 3.93. The van der Waals surface area contributed by atoms with Gasteiger partial charge < -0.3 is 20.1 Å². The van der Waals surface area contributed by atoms with E-state index in [-0.39, 0.29) is 5.60 Å². The van der Waals surface area contributed by atoms with E-state index < -0.39 is 0 Å². The first kappa shape index (κ1) is 17.5. The van der Waals surface area contributed by atoms with Gasteiger partial charge in [0.15, 0.2) is 5.96 Å². The maximum atomic E-state index is 5.79. The van der Waals surface area contributed by atoms with Crippen LogP contribution in [0.1, 0.15) is 38.7 Å². The fraction of sp³-hybridized carbons (Fsp3) is 0.647. The van der Waals surface area contributed by atoms with Gasteiger partial charge in [0.1, 0.15) is 0 Å². The number of nitrogens with one attached hydrogen (secondary N) is 2. The van der Waals surface area contributed by atoms with Crippen molar-refractivity contribution in [2.75, 3.05) is 26.8 Å². The summed E-state index contributed by atoms with van der Waals surface area (Å²) in [5.74, 6) is 1.44. The number of aliphatic imine (C=N–C) groups is 1. The highest BCUT2D eigenvalue weighted by Crippen LogP contribution is 2.23. The summed E-state index contributed by atoms with van der Waals surface area (Å²) >= 11 is 0. The SMILES string of the molecule is CCCOc1ncccc1CNC(=NC)NCC1(C)CCCO1. The molecule has 1 aromatic rings. The number of pyridine rings is 1. The van der Waals surface area contributed by atoms with Gasteiger partial charge in [-0.05, 0) is 32.3 Å². The Morgan fingerprint density at radius 1 is 1.48 bits per heavy atom. The highest BCUT2D eigenvalue weighted by atomic mass is 16.5. The van der Waals surface area contributed by atoms with E-state index in [1.54, 1.807) is 13.2 Å². The van der Waals surface area contributed by atoms with Crippen molar-refractivity contribution < 1.29 is 9.47 Å². The standard InChI is InChI=1S/C17H28N4O2/c1-4-10-22-15-14(7-5-9-19-15)12-20-16(18-3)21-13-17(2)8-6-11-23-17/h5,7,9H,4,6,8,10-13H2,1-3H3,(H2,18,20,21). The third-order valence-electron chi connectivity index (χ3n) is 3.89. The second-order valence-corrected chi connectivity index (χ2v) is 6.00. The van der Waals surface area contributed by atoms with E-state index in [1.165, 1.54) is 0 Å². The number of ether oxygens (including phenoxy) is 2. The normalized spacial score (nSPS) is 21.3. The molecule has 1 saturated heterocycles. The Morgan fingerprint density at radius 3 is 3.04 bits per heavy atom. The molecule has 6 heteroatoms. The molecule has 1 fully saturated rings. The molecule has 0 saturated carbocycles. The lowest BCUT2D eigenvalue weighted by Crippen LogP contribution is -2.45. The molecule has 0 aliphatic carbocycles. The van der Waals surface area contributed by atoms with Crippen molar-refractivity contribution in [2.24, 2.45) is 4.99 Å². The molecule has 1 unspecified atom stereocenters. The molecule has 128 valence electrons. The quantitative estimate of drug-likeness (QED) is 0.595. The third-order valence-corrected chi connectivity index (χ3v) is 3.89. The van der Waals surface area contributed by atoms with Crippen molar-refractivity contribution in [1.29, 1.82) is 0 Å². The monoisotopic (exact) mass is 320 g/mol. The lowest BCUT2D eigenvalue weighted by molar-refractivity contribution is 0.0243. The summed E-state index contributed by atoms with van der Waals surface area (Å²) in [5, 5.41) is 6.64. The van der Waals surface area contributed by atoms with E-state index in [1.807, 2.05) is 12.1 Å². The Hall–Kier alpha value is -1.82. The molecular weight excluding hydrogens is 292 g/mol. The van der Waals surface area contributed by atoms with Gasteiger partial charge in [0, 0.05) is 38.5 Å². The van der Waals surface area contributed by atoms with E-state index >= 15 is 0 Å². The van der Waals surface area contributed by atoms with Crippen LogP contribution in [0.2, 0.25) is 0 Å². The van der Waals surface area contributed by atoms with Gasteiger partial charge in [-0.2, -0.15) is 0 Å². The van der Waals surface area contributed by atoms with Crippen molar-refractivity contribution in [3.05, 3.63) is 23.9 Å². The Bertz CT molecular complexity index is 513. The van der Waals surface area contributed by atoms with Crippen LogP contribution in [0.15, 0.2) is 23.3 Å². The van der Waals surface area contributed by atoms with Crippen molar-refractivity contribution in [2.45, 2.75) is 45.3 Å². The second kappa shape index (κ2) is 8.72. The molecule has 1 aliphatic heterocycles. The number of aromatic nitrogens is 1. The van der Waals surface area contributed by atoms with Crippen molar-refractivity contribution in [1.82, 2.24) is 15.6 Å². The summed E-state index contributed by atoms with van der Waals surface area (Å²) in [6.07, 6.45) is 4.91. The maximum absolute atomic E-state index is 5.79. The summed E-state index contributed by atoms with van der Waals surface area (Å²) in [5.41, 5.74) is 0.925. The zero-order chi connectivity index (χ0) is 16.5. The Balaban J connectivity index is 1.85. The molecule has 0 aromatic carbocycles. The lowest BCUT2D eigenvalue weighted by atomic mass is 10.0. The number of hydrogen-bond acceptors (Lipinski definition) is 4. The molecule has 0 radical (unpaired) electrons. The molecule has 2 N–H and O–H groups in total. The fourth-order valence-electron chi connectivity index (χ4n) is 2.53. The highest BCUT2D eigenvalue weighted by Gasteiger charge is 2.29. The minimum atomic E-state index is -0.0959. The van der Waals surface area contributed by atoms with Gasteiger partial charge in [-0.1, -0.05) is 13.0 Å². The number of nitrogens with zero attached hydrogens (tertiary/aromatic N) is 2. The zero-order valence-electron chi connectivity index (χ0n) is 14.4. The van der Waals surface area contributed by atoms with Crippen LogP contribution >= 0.6 is 0 Å². The molecule has 0 spiro atoms. The summed E-state index contributed by atoms with van der Waals surface area (Å²) < 4.78 is 11.5. The molecule has 2 heterocycles. The van der Waals surface area contributed by atoms with Gasteiger partial charge in [0.05, 0.1) is 12.2 Å². The predicted octanol–water partition coefficient (Wildman–Crippen LogP) is 2.10. The van der Waals surface area contributed by atoms with E-state index in [9.17, 15) is 0 Å². The minimum absolute atomic E-state index is 0.0959. The Kier molecular flexibility index (Phi) is 6.65. The summed E-state index contributed by atoms with van der Waals surface area (Å²) in [6.45, 7) is 7.10. The van der Waals surface area contributed by atoms with Crippen LogP contribution in [0.3, 0.4) is 0 Å². The van der Waals surface area contributed by atoms with Crippen LogP contribution in [0.5, 0.6) is 5.88 Å². The third kappa shape index (κ3) is 5.39. The van der Waals surface area contributed by atoms with E-state index in [4.69, 9.17) is 9.47 Å². The van der Waals surface area contributed by atoms with Crippen molar-refractivity contribution in [3.8, 4) is 5.88 Å². The largest absolute Gasteiger partial charge is 0.477 e. The first-order chi connectivity index (χ1) is 11.2. The number of rotatable bonds is 7. The molecular formula is C17H28N4O2. The molecule has 1 aliphatic rings. The topological polar surface area (TPSA) is 67.8 Å². The van der Waals surface area contributed by atoms with Crippen LogP contribution in [0.4, 0.5) is 0 Å². The van der Waals surface area contributed by atoms with Gasteiger partial charge in [-0.3, -0.25) is 4.99 Å².